The lowest BCUT2D eigenvalue weighted by molar-refractivity contribution is -0.122. The minimum Gasteiger partial charge on any atom is -0.350 e. The van der Waals surface area contributed by atoms with E-state index in [9.17, 15) is 13.2 Å². The monoisotopic (exact) mass is 400 g/mol. The van der Waals surface area contributed by atoms with Crippen LogP contribution in [0.1, 0.15) is 12.5 Å². The topological polar surface area (TPSA) is 66.5 Å². The number of carbonyl (C=O) groups is 1. The summed E-state index contributed by atoms with van der Waals surface area (Å²) in [5.74, 6) is -0.440. The standard InChI is InChI=1S/C17H18Cl2N2O3S/c1-12(17(22)20-11-13-6-4-3-5-7-13)21(25(2,23)24)16-10-14(18)8-9-15(16)19/h3-10,12H,11H2,1-2H3,(H,20,22)/t12-/m0/s1. The Kier molecular flexibility index (Phi) is 6.32. The van der Waals surface area contributed by atoms with E-state index in [1.165, 1.54) is 19.1 Å². The Morgan fingerprint density at radius 3 is 2.40 bits per heavy atom. The molecule has 2 rings (SSSR count). The minimum atomic E-state index is -3.76. The Labute approximate surface area is 157 Å². The van der Waals surface area contributed by atoms with E-state index >= 15 is 0 Å². The second kappa shape index (κ2) is 8.08. The Balaban J connectivity index is 2.25. The van der Waals surface area contributed by atoms with E-state index in [2.05, 4.69) is 5.32 Å². The molecule has 0 saturated heterocycles. The van der Waals surface area contributed by atoms with Crippen molar-refractivity contribution in [3.05, 3.63) is 64.1 Å². The molecule has 8 heteroatoms. The van der Waals surface area contributed by atoms with E-state index < -0.39 is 22.0 Å². The molecule has 134 valence electrons. The lowest BCUT2D eigenvalue weighted by Gasteiger charge is -2.29. The second-order valence-corrected chi connectivity index (χ2v) is 8.24. The van der Waals surface area contributed by atoms with Crippen molar-refractivity contribution in [2.45, 2.75) is 19.5 Å². The van der Waals surface area contributed by atoms with Gasteiger partial charge in [0.2, 0.25) is 15.9 Å². The molecule has 0 spiro atoms. The SMILES string of the molecule is C[C@@H](C(=O)NCc1ccccc1)N(c1cc(Cl)ccc1Cl)S(C)(=O)=O. The number of benzene rings is 2. The number of carbonyl (C=O) groups excluding carboxylic acids is 1. The molecule has 1 N–H and O–H groups in total. The molecular weight excluding hydrogens is 383 g/mol. The summed E-state index contributed by atoms with van der Waals surface area (Å²) in [6.07, 6.45) is 1.02. The van der Waals surface area contributed by atoms with Gasteiger partial charge in [0.25, 0.3) is 0 Å². The van der Waals surface area contributed by atoms with Gasteiger partial charge in [-0.1, -0.05) is 53.5 Å². The molecule has 1 amide bonds. The van der Waals surface area contributed by atoms with Gasteiger partial charge >= 0.3 is 0 Å². The summed E-state index contributed by atoms with van der Waals surface area (Å²) >= 11 is 12.1. The van der Waals surface area contributed by atoms with Gasteiger partial charge in [0.15, 0.2) is 0 Å². The summed E-state index contributed by atoms with van der Waals surface area (Å²) < 4.78 is 25.5. The molecule has 0 aliphatic carbocycles. The first kappa shape index (κ1) is 19.6. The van der Waals surface area contributed by atoms with E-state index in [4.69, 9.17) is 23.2 Å². The van der Waals surface area contributed by atoms with Crippen LogP contribution >= 0.6 is 23.2 Å². The van der Waals surface area contributed by atoms with E-state index in [1.807, 2.05) is 30.3 Å². The zero-order valence-corrected chi connectivity index (χ0v) is 16.1. The van der Waals surface area contributed by atoms with Gasteiger partial charge in [0.05, 0.1) is 17.0 Å². The third-order valence-corrected chi connectivity index (χ3v) is 5.33. The molecule has 1 atom stereocenters. The molecule has 0 aliphatic rings. The van der Waals surface area contributed by atoms with Crippen molar-refractivity contribution in [2.24, 2.45) is 0 Å². The van der Waals surface area contributed by atoms with Crippen molar-refractivity contribution in [3.8, 4) is 0 Å². The van der Waals surface area contributed by atoms with Gasteiger partial charge in [-0.2, -0.15) is 0 Å². The summed E-state index contributed by atoms with van der Waals surface area (Å²) in [5.41, 5.74) is 1.08. The van der Waals surface area contributed by atoms with Gasteiger partial charge in [0, 0.05) is 11.6 Å². The number of anilines is 1. The van der Waals surface area contributed by atoms with Gasteiger partial charge in [-0.15, -0.1) is 0 Å². The zero-order valence-electron chi connectivity index (χ0n) is 13.7. The molecule has 2 aromatic rings. The fourth-order valence-corrected chi connectivity index (χ4v) is 3.97. The van der Waals surface area contributed by atoms with Gasteiger partial charge in [-0.3, -0.25) is 9.10 Å². The van der Waals surface area contributed by atoms with Crippen LogP contribution in [0.2, 0.25) is 10.0 Å². The molecule has 2 aromatic carbocycles. The minimum absolute atomic E-state index is 0.166. The lowest BCUT2D eigenvalue weighted by Crippen LogP contribution is -2.47. The predicted molar refractivity (Wildman–Crippen MR) is 102 cm³/mol. The summed E-state index contributed by atoms with van der Waals surface area (Å²) in [6.45, 7) is 1.80. The Bertz CT molecular complexity index is 857. The number of halogens is 2. The first-order valence-electron chi connectivity index (χ1n) is 7.46. The largest absolute Gasteiger partial charge is 0.350 e. The van der Waals surface area contributed by atoms with Crippen LogP contribution in [-0.2, 0) is 21.4 Å². The molecule has 0 aliphatic heterocycles. The molecule has 25 heavy (non-hydrogen) atoms. The van der Waals surface area contributed by atoms with E-state index in [1.54, 1.807) is 6.07 Å². The van der Waals surface area contributed by atoms with E-state index in [0.717, 1.165) is 16.1 Å². The van der Waals surface area contributed by atoms with Crippen molar-refractivity contribution >= 4 is 44.8 Å². The molecule has 0 heterocycles. The van der Waals surface area contributed by atoms with Crippen LogP contribution in [0.15, 0.2) is 48.5 Å². The molecule has 0 saturated carbocycles. The Morgan fingerprint density at radius 1 is 1.16 bits per heavy atom. The maximum Gasteiger partial charge on any atom is 0.243 e. The number of hydrogen-bond donors (Lipinski definition) is 1. The van der Waals surface area contributed by atoms with Gasteiger partial charge < -0.3 is 5.32 Å². The van der Waals surface area contributed by atoms with E-state index in [-0.39, 0.29) is 10.7 Å². The Hall–Kier alpha value is -1.76. The van der Waals surface area contributed by atoms with E-state index in [0.29, 0.717) is 11.6 Å². The fourth-order valence-electron chi connectivity index (χ4n) is 2.37. The van der Waals surface area contributed by atoms with Gasteiger partial charge in [-0.25, -0.2) is 8.42 Å². The smallest absolute Gasteiger partial charge is 0.243 e. The Morgan fingerprint density at radius 2 is 1.80 bits per heavy atom. The maximum atomic E-state index is 12.5. The first-order valence-corrected chi connectivity index (χ1v) is 10.1. The molecule has 0 aromatic heterocycles. The lowest BCUT2D eigenvalue weighted by atomic mass is 10.2. The fraction of sp³-hybridized carbons (Fsp3) is 0.235. The summed E-state index contributed by atoms with van der Waals surface area (Å²) in [6, 6.07) is 12.8. The number of rotatable bonds is 6. The highest BCUT2D eigenvalue weighted by atomic mass is 35.5. The number of sulfonamides is 1. The molecule has 0 fully saturated rings. The molecular formula is C17H18Cl2N2O3S. The summed E-state index contributed by atoms with van der Waals surface area (Å²) in [5, 5.41) is 3.25. The maximum absolute atomic E-state index is 12.5. The predicted octanol–water partition coefficient (Wildman–Crippen LogP) is 3.46. The van der Waals surface area contributed by atoms with Crippen LogP contribution in [0.3, 0.4) is 0 Å². The van der Waals surface area contributed by atoms with Gasteiger partial charge in [0.1, 0.15) is 6.04 Å². The second-order valence-electron chi connectivity index (χ2n) is 5.53. The zero-order chi connectivity index (χ0) is 18.6. The average Bonchev–Trinajstić information content (AvgIpc) is 2.55. The molecule has 5 nitrogen and oxygen atoms in total. The van der Waals surface area contributed by atoms with Crippen molar-refractivity contribution in [2.75, 3.05) is 10.6 Å². The van der Waals surface area contributed by atoms with Crippen molar-refractivity contribution in [3.63, 3.8) is 0 Å². The van der Waals surface area contributed by atoms with Crippen LogP contribution in [0.25, 0.3) is 0 Å². The first-order chi connectivity index (χ1) is 11.7. The van der Waals surface area contributed by atoms with Crippen LogP contribution in [0, 0.1) is 0 Å². The number of nitrogens with zero attached hydrogens (tertiary/aromatic N) is 1. The third-order valence-electron chi connectivity index (χ3n) is 3.54. The van der Waals surface area contributed by atoms with Crippen LogP contribution in [-0.4, -0.2) is 26.6 Å². The van der Waals surface area contributed by atoms with Crippen molar-refractivity contribution < 1.29 is 13.2 Å². The highest BCUT2D eigenvalue weighted by Crippen LogP contribution is 2.32. The van der Waals surface area contributed by atoms with Crippen LogP contribution < -0.4 is 9.62 Å². The summed E-state index contributed by atoms with van der Waals surface area (Å²) in [4.78, 5) is 12.5. The third kappa shape index (κ3) is 5.11. The normalized spacial score (nSPS) is 12.5. The quantitative estimate of drug-likeness (QED) is 0.806. The summed E-state index contributed by atoms with van der Waals surface area (Å²) in [7, 11) is -3.76. The van der Waals surface area contributed by atoms with Crippen LogP contribution in [0.4, 0.5) is 5.69 Å². The van der Waals surface area contributed by atoms with Crippen molar-refractivity contribution in [1.82, 2.24) is 5.32 Å². The molecule has 0 unspecified atom stereocenters. The highest BCUT2D eigenvalue weighted by molar-refractivity contribution is 7.92. The molecule has 0 radical (unpaired) electrons. The number of nitrogens with one attached hydrogen (secondary N) is 1. The average molecular weight is 401 g/mol. The van der Waals surface area contributed by atoms with Crippen LogP contribution in [0.5, 0.6) is 0 Å². The molecule has 0 bridgehead atoms. The number of amides is 1. The number of hydrogen-bond acceptors (Lipinski definition) is 3. The van der Waals surface area contributed by atoms with Gasteiger partial charge in [-0.05, 0) is 30.7 Å². The highest BCUT2D eigenvalue weighted by Gasteiger charge is 2.30. The van der Waals surface area contributed by atoms with Crippen molar-refractivity contribution in [1.29, 1.82) is 0 Å².